The van der Waals surface area contributed by atoms with Crippen LogP contribution in [0.25, 0.3) is 11.4 Å². The van der Waals surface area contributed by atoms with Crippen LogP contribution in [0, 0.1) is 0 Å². The maximum absolute atomic E-state index is 12.9. The Kier molecular flexibility index (Phi) is 3.78. The zero-order chi connectivity index (χ0) is 18.2. The molecule has 0 atom stereocenters. The second-order valence-corrected chi connectivity index (χ2v) is 6.55. The number of hydrogen-bond acceptors (Lipinski definition) is 5. The Morgan fingerprint density at radius 2 is 1.81 bits per heavy atom. The molecule has 1 amide bonds. The van der Waals surface area contributed by atoms with E-state index in [0.29, 0.717) is 43.1 Å². The van der Waals surface area contributed by atoms with Crippen LogP contribution < -0.4 is 9.47 Å². The van der Waals surface area contributed by atoms with Crippen LogP contribution in [0.1, 0.15) is 16.2 Å². The van der Waals surface area contributed by atoms with E-state index in [0.717, 1.165) is 17.2 Å². The highest BCUT2D eigenvalue weighted by atomic mass is 16.7. The zero-order valence-corrected chi connectivity index (χ0v) is 14.7. The minimum absolute atomic E-state index is 0.0117. The molecule has 2 aliphatic rings. The van der Waals surface area contributed by atoms with Gasteiger partial charge in [0.2, 0.25) is 6.79 Å². The highest BCUT2D eigenvalue weighted by molar-refractivity contribution is 5.95. The minimum atomic E-state index is -0.0117. The van der Waals surface area contributed by atoms with Gasteiger partial charge in [-0.25, -0.2) is 9.67 Å². The number of carbonyl (C=O) groups is 1. The number of carbonyl (C=O) groups excluding carboxylic acids is 1. The second-order valence-electron chi connectivity index (χ2n) is 6.55. The third kappa shape index (κ3) is 2.91. The third-order valence-corrected chi connectivity index (χ3v) is 4.87. The van der Waals surface area contributed by atoms with Crippen LogP contribution in [-0.2, 0) is 13.0 Å². The Hall–Kier alpha value is -3.35. The molecule has 136 valence electrons. The van der Waals surface area contributed by atoms with Crippen molar-refractivity contribution >= 4 is 5.91 Å². The fraction of sp³-hybridized carbons (Fsp3) is 0.250. The first-order chi connectivity index (χ1) is 13.3. The van der Waals surface area contributed by atoms with Gasteiger partial charge in [0.25, 0.3) is 5.91 Å². The molecule has 27 heavy (non-hydrogen) atoms. The van der Waals surface area contributed by atoms with Crippen molar-refractivity contribution in [2.45, 2.75) is 13.0 Å². The Morgan fingerprint density at radius 3 is 2.70 bits per heavy atom. The van der Waals surface area contributed by atoms with Gasteiger partial charge in [-0.3, -0.25) is 4.79 Å². The van der Waals surface area contributed by atoms with Gasteiger partial charge in [0.05, 0.1) is 6.54 Å². The van der Waals surface area contributed by atoms with E-state index in [9.17, 15) is 4.79 Å². The molecule has 0 aliphatic carbocycles. The first-order valence-electron chi connectivity index (χ1n) is 8.96. The van der Waals surface area contributed by atoms with Crippen molar-refractivity contribution in [3.05, 3.63) is 59.9 Å². The molecular formula is C20H18N4O3. The average molecular weight is 362 g/mol. The Labute approximate surface area is 156 Å². The van der Waals surface area contributed by atoms with Gasteiger partial charge in [-0.15, -0.1) is 0 Å². The highest BCUT2D eigenvalue weighted by Gasteiger charge is 2.24. The lowest BCUT2D eigenvalue weighted by atomic mass is 10.1. The predicted octanol–water partition coefficient (Wildman–Crippen LogP) is 2.37. The molecule has 7 nitrogen and oxygen atoms in total. The maximum atomic E-state index is 12.9. The largest absolute Gasteiger partial charge is 0.454 e. The van der Waals surface area contributed by atoms with E-state index in [2.05, 4.69) is 10.1 Å². The Morgan fingerprint density at radius 1 is 0.963 bits per heavy atom. The lowest BCUT2D eigenvalue weighted by molar-refractivity contribution is 0.0758. The second kappa shape index (κ2) is 6.42. The van der Waals surface area contributed by atoms with Crippen molar-refractivity contribution in [3.63, 3.8) is 0 Å². The molecular weight excluding hydrogens is 344 g/mol. The minimum Gasteiger partial charge on any atom is -0.454 e. The number of rotatable bonds is 2. The first kappa shape index (κ1) is 15.9. The van der Waals surface area contributed by atoms with Crippen LogP contribution in [0.4, 0.5) is 0 Å². The van der Waals surface area contributed by atoms with E-state index in [-0.39, 0.29) is 12.7 Å². The molecule has 0 radical (unpaired) electrons. The average Bonchev–Trinajstić information content (AvgIpc) is 3.30. The normalized spacial score (nSPS) is 15.3. The molecule has 0 bridgehead atoms. The van der Waals surface area contributed by atoms with Crippen molar-refractivity contribution in [2.75, 3.05) is 19.9 Å². The van der Waals surface area contributed by atoms with Crippen molar-refractivity contribution in [1.82, 2.24) is 19.7 Å². The van der Waals surface area contributed by atoms with Crippen LogP contribution in [0.2, 0.25) is 0 Å². The van der Waals surface area contributed by atoms with Gasteiger partial charge in [-0.2, -0.15) is 5.10 Å². The molecule has 0 fully saturated rings. The van der Waals surface area contributed by atoms with Gasteiger partial charge in [-0.1, -0.05) is 30.3 Å². The van der Waals surface area contributed by atoms with Crippen LogP contribution in [0.3, 0.4) is 0 Å². The van der Waals surface area contributed by atoms with Gasteiger partial charge in [0.15, 0.2) is 17.3 Å². The van der Waals surface area contributed by atoms with Crippen molar-refractivity contribution in [1.29, 1.82) is 0 Å². The number of nitrogens with zero attached hydrogens (tertiary/aromatic N) is 4. The monoisotopic (exact) mass is 362 g/mol. The molecule has 7 heteroatoms. The van der Waals surface area contributed by atoms with E-state index < -0.39 is 0 Å². The fourth-order valence-electron chi connectivity index (χ4n) is 3.43. The topological polar surface area (TPSA) is 69.5 Å². The zero-order valence-electron chi connectivity index (χ0n) is 14.7. The Bertz CT molecular complexity index is 974. The van der Waals surface area contributed by atoms with Crippen molar-refractivity contribution < 1.29 is 14.3 Å². The number of fused-ring (bicyclic) bond motifs is 2. The van der Waals surface area contributed by atoms with Gasteiger partial charge in [-0.05, 0) is 18.2 Å². The molecule has 3 aromatic rings. The smallest absolute Gasteiger partial charge is 0.254 e. The van der Waals surface area contributed by atoms with Crippen LogP contribution in [0.5, 0.6) is 11.5 Å². The highest BCUT2D eigenvalue weighted by Crippen LogP contribution is 2.33. The summed E-state index contributed by atoms with van der Waals surface area (Å²) in [5.74, 6) is 2.94. The quantitative estimate of drug-likeness (QED) is 0.700. The van der Waals surface area contributed by atoms with Crippen LogP contribution in [0.15, 0.2) is 48.5 Å². The predicted molar refractivity (Wildman–Crippen MR) is 97.6 cm³/mol. The van der Waals surface area contributed by atoms with E-state index in [1.54, 1.807) is 18.2 Å². The SMILES string of the molecule is O=C(c1ccc2c(c1)OCO2)N1CCc2nc(-c3ccccc3)nn2CC1. The van der Waals surface area contributed by atoms with Gasteiger partial charge in [0, 0.05) is 30.6 Å². The van der Waals surface area contributed by atoms with E-state index >= 15 is 0 Å². The molecule has 0 spiro atoms. The van der Waals surface area contributed by atoms with Crippen LogP contribution in [-0.4, -0.2) is 45.5 Å². The number of hydrogen-bond donors (Lipinski definition) is 0. The van der Waals surface area contributed by atoms with E-state index in [4.69, 9.17) is 9.47 Å². The molecule has 1 aromatic heterocycles. The molecule has 3 heterocycles. The molecule has 0 saturated carbocycles. The molecule has 0 N–H and O–H groups in total. The number of ether oxygens (including phenoxy) is 2. The summed E-state index contributed by atoms with van der Waals surface area (Å²) in [5.41, 5.74) is 1.61. The fourth-order valence-corrected chi connectivity index (χ4v) is 3.43. The summed E-state index contributed by atoms with van der Waals surface area (Å²) in [5, 5.41) is 4.63. The first-order valence-corrected chi connectivity index (χ1v) is 8.96. The Balaban J connectivity index is 1.33. The van der Waals surface area contributed by atoms with Crippen molar-refractivity contribution in [2.24, 2.45) is 0 Å². The van der Waals surface area contributed by atoms with E-state index in [1.807, 2.05) is 39.9 Å². The summed E-state index contributed by atoms with van der Waals surface area (Å²) >= 11 is 0. The number of aromatic nitrogens is 3. The number of amides is 1. The van der Waals surface area contributed by atoms with Crippen molar-refractivity contribution in [3.8, 4) is 22.9 Å². The van der Waals surface area contributed by atoms with Gasteiger partial charge < -0.3 is 14.4 Å². The van der Waals surface area contributed by atoms with Gasteiger partial charge in [0.1, 0.15) is 5.82 Å². The third-order valence-electron chi connectivity index (χ3n) is 4.87. The summed E-state index contributed by atoms with van der Waals surface area (Å²) < 4.78 is 12.6. The summed E-state index contributed by atoms with van der Waals surface area (Å²) in [6.45, 7) is 2.04. The molecule has 0 unspecified atom stereocenters. The summed E-state index contributed by atoms with van der Waals surface area (Å²) in [4.78, 5) is 19.4. The lowest BCUT2D eigenvalue weighted by Crippen LogP contribution is -2.33. The molecule has 2 aliphatic heterocycles. The number of benzene rings is 2. The molecule has 0 saturated heterocycles. The van der Waals surface area contributed by atoms with Gasteiger partial charge >= 0.3 is 0 Å². The molecule has 2 aromatic carbocycles. The van der Waals surface area contributed by atoms with E-state index in [1.165, 1.54) is 0 Å². The summed E-state index contributed by atoms with van der Waals surface area (Å²) in [6.07, 6.45) is 0.677. The summed E-state index contributed by atoms with van der Waals surface area (Å²) in [7, 11) is 0. The lowest BCUT2D eigenvalue weighted by Gasteiger charge is -2.20. The summed E-state index contributed by atoms with van der Waals surface area (Å²) in [6, 6.07) is 15.3. The maximum Gasteiger partial charge on any atom is 0.254 e. The van der Waals surface area contributed by atoms with Crippen LogP contribution >= 0.6 is 0 Å². The molecule has 5 rings (SSSR count). The standard InChI is InChI=1S/C20H18N4O3/c25-20(15-6-7-16-17(12-15)27-13-26-16)23-9-8-18-21-19(22-24(18)11-10-23)14-4-2-1-3-5-14/h1-7,12H,8-11,13H2.